The normalized spacial score (nSPS) is 26.2. The number of rotatable bonds is 8. The van der Waals surface area contributed by atoms with Gasteiger partial charge in [0.25, 0.3) is 0 Å². The van der Waals surface area contributed by atoms with Gasteiger partial charge >= 0.3 is 7.60 Å². The van der Waals surface area contributed by atoms with Crippen molar-refractivity contribution < 1.29 is 33.7 Å². The summed E-state index contributed by atoms with van der Waals surface area (Å²) in [6.07, 6.45) is 1.79. The molecular formula is C23H28ClN4O7P. The Labute approximate surface area is 212 Å². The summed E-state index contributed by atoms with van der Waals surface area (Å²) >= 11 is 6.22. The third-order valence-corrected chi connectivity index (χ3v) is 7.08. The number of nitrogens with zero attached hydrogens (tertiary/aromatic N) is 3. The molecule has 0 radical (unpaired) electrons. The number of hydrogen-bond acceptors (Lipinski definition) is 9. The lowest BCUT2D eigenvalue weighted by atomic mass is 10.1. The Bertz CT molecular complexity index is 1280. The summed E-state index contributed by atoms with van der Waals surface area (Å²) in [4.78, 5) is 18.3. The van der Waals surface area contributed by atoms with Gasteiger partial charge in [-0.25, -0.2) is 9.55 Å². The van der Waals surface area contributed by atoms with Gasteiger partial charge in [-0.15, -0.1) is 0 Å². The minimum Gasteiger partial charge on any atom is -0.487 e. The van der Waals surface area contributed by atoms with Crippen molar-refractivity contribution in [1.29, 1.82) is 0 Å². The topological polar surface area (TPSA) is 148 Å². The van der Waals surface area contributed by atoms with Crippen LogP contribution in [-0.2, 0) is 9.30 Å². The van der Waals surface area contributed by atoms with Crippen molar-refractivity contribution in [2.75, 3.05) is 18.6 Å². The van der Waals surface area contributed by atoms with Crippen molar-refractivity contribution in [2.24, 2.45) is 0 Å². The van der Waals surface area contributed by atoms with Gasteiger partial charge in [-0.05, 0) is 42.6 Å². The van der Waals surface area contributed by atoms with Gasteiger partial charge < -0.3 is 39.0 Å². The van der Waals surface area contributed by atoms with Gasteiger partial charge in [0.1, 0.15) is 36.4 Å². The van der Waals surface area contributed by atoms with Crippen LogP contribution in [-0.4, -0.2) is 67.3 Å². The summed E-state index contributed by atoms with van der Waals surface area (Å²) in [5.41, 5.74) is 0.466. The minimum absolute atomic E-state index is 0.0598. The quantitative estimate of drug-likeness (QED) is 0.248. The second-order valence-electron chi connectivity index (χ2n) is 9.13. The van der Waals surface area contributed by atoms with Crippen molar-refractivity contribution in [3.63, 3.8) is 0 Å². The van der Waals surface area contributed by atoms with Crippen LogP contribution in [0, 0.1) is 0 Å². The molecule has 1 aromatic carbocycles. The van der Waals surface area contributed by atoms with E-state index < -0.39 is 32.1 Å². The number of anilines is 1. The van der Waals surface area contributed by atoms with E-state index in [9.17, 15) is 19.7 Å². The van der Waals surface area contributed by atoms with Crippen molar-refractivity contribution in [2.45, 2.75) is 56.3 Å². The van der Waals surface area contributed by atoms with Crippen LogP contribution in [0.2, 0.25) is 5.28 Å². The van der Waals surface area contributed by atoms with E-state index in [1.165, 1.54) is 18.9 Å². The predicted molar refractivity (Wildman–Crippen MR) is 133 cm³/mol. The van der Waals surface area contributed by atoms with Crippen molar-refractivity contribution >= 4 is 36.0 Å². The number of nitrogens with one attached hydrogen (secondary N) is 1. The van der Waals surface area contributed by atoms with Crippen LogP contribution in [0.15, 0.2) is 36.5 Å². The molecule has 4 N–H and O–H groups in total. The molecule has 5 rings (SSSR count). The van der Waals surface area contributed by atoms with Gasteiger partial charge in [0.15, 0.2) is 17.7 Å². The molecule has 0 bridgehead atoms. The van der Waals surface area contributed by atoms with Gasteiger partial charge in [-0.1, -0.05) is 25.0 Å². The summed E-state index contributed by atoms with van der Waals surface area (Å²) < 4.78 is 30.1. The van der Waals surface area contributed by atoms with E-state index in [0.29, 0.717) is 17.5 Å². The molecule has 1 aliphatic heterocycles. The Kier molecular flexibility index (Phi) is 7.13. The van der Waals surface area contributed by atoms with E-state index in [2.05, 4.69) is 15.3 Å². The molecule has 11 nitrogen and oxygen atoms in total. The molecule has 36 heavy (non-hydrogen) atoms. The summed E-state index contributed by atoms with van der Waals surface area (Å²) in [5.74, 6) is 0.911. The van der Waals surface area contributed by atoms with E-state index in [4.69, 9.17) is 25.6 Å². The summed E-state index contributed by atoms with van der Waals surface area (Å²) in [5, 5.41) is 25.7. The maximum Gasteiger partial charge on any atom is 0.373 e. The monoisotopic (exact) mass is 538 g/mol. The molecule has 2 aromatic heterocycles. The molecule has 1 saturated carbocycles. The minimum atomic E-state index is -3.80. The van der Waals surface area contributed by atoms with Gasteiger partial charge in [-0.2, -0.15) is 4.98 Å². The van der Waals surface area contributed by atoms with Crippen LogP contribution >= 0.6 is 19.2 Å². The highest BCUT2D eigenvalue weighted by Gasteiger charge is 2.44. The summed E-state index contributed by atoms with van der Waals surface area (Å²) in [7, 11) is -3.80. The van der Waals surface area contributed by atoms with Crippen LogP contribution in [0.3, 0.4) is 0 Å². The maximum atomic E-state index is 11.7. The van der Waals surface area contributed by atoms with E-state index in [1.54, 1.807) is 29.0 Å². The van der Waals surface area contributed by atoms with Crippen LogP contribution in [0.5, 0.6) is 11.5 Å². The molecule has 1 saturated heterocycles. The fourth-order valence-electron chi connectivity index (χ4n) is 4.68. The van der Waals surface area contributed by atoms with Crippen LogP contribution in [0.25, 0.3) is 11.0 Å². The van der Waals surface area contributed by atoms with E-state index in [1.807, 2.05) is 6.07 Å². The van der Waals surface area contributed by atoms with Crippen LogP contribution < -0.4 is 14.6 Å². The largest absolute Gasteiger partial charge is 0.487 e. The van der Waals surface area contributed by atoms with Crippen LogP contribution in [0.1, 0.15) is 31.9 Å². The zero-order chi connectivity index (χ0) is 25.4. The fraction of sp³-hybridized carbons (Fsp3) is 0.478. The lowest BCUT2D eigenvalue weighted by molar-refractivity contribution is -0.0473. The van der Waals surface area contributed by atoms with Gasteiger partial charge in [0.05, 0.1) is 5.39 Å². The average molecular weight is 539 g/mol. The Hall–Kier alpha value is -2.40. The van der Waals surface area contributed by atoms with E-state index >= 15 is 0 Å². The molecule has 2 aliphatic rings. The smallest absolute Gasteiger partial charge is 0.373 e. The summed E-state index contributed by atoms with van der Waals surface area (Å²) in [6, 6.07) is 8.52. The standard InChI is InChI=1S/C23H28ClN4O7P/c1-36(31,32)35-16-9-5-4-8-15(16)33-12-17-18(29)19(30)22(34-17)28-11-10-14-20(25-13-6-2-3-7-13)26-23(24)27-21(14)28/h4-5,8-11,13,17-19,22,29-30H,2-3,6-7,12H2,1H3,(H,31,32)(H,25,26,27)/t17-,18-,19-,22?/m1/s1. The number of aliphatic hydroxyl groups is 2. The first-order valence-corrected chi connectivity index (χ1v) is 14.1. The fourth-order valence-corrected chi connectivity index (χ4v) is 5.36. The Morgan fingerprint density at radius 1 is 1.17 bits per heavy atom. The number of para-hydroxylation sites is 2. The summed E-state index contributed by atoms with van der Waals surface area (Å²) in [6.45, 7) is 0.929. The first-order chi connectivity index (χ1) is 17.2. The number of halogens is 1. The SMILES string of the molecule is CP(=O)(O)Oc1ccccc1OC[C@H]1OC(n2ccc3c(NC4CCCC4)nc(Cl)nc32)[C@H](O)[C@@H]1O. The molecule has 3 aromatic rings. The molecule has 1 aliphatic carbocycles. The Morgan fingerprint density at radius 2 is 1.89 bits per heavy atom. The molecule has 2 unspecified atom stereocenters. The zero-order valence-corrected chi connectivity index (χ0v) is 21.2. The van der Waals surface area contributed by atoms with Crippen molar-refractivity contribution in [1.82, 2.24) is 14.5 Å². The first kappa shape index (κ1) is 25.3. The second kappa shape index (κ2) is 10.2. The number of aromatic nitrogens is 3. The van der Waals surface area contributed by atoms with E-state index in [-0.39, 0.29) is 23.4 Å². The lowest BCUT2D eigenvalue weighted by Crippen LogP contribution is -2.34. The Balaban J connectivity index is 1.34. The molecule has 194 valence electrons. The lowest BCUT2D eigenvalue weighted by Gasteiger charge is -2.19. The number of benzene rings is 1. The van der Waals surface area contributed by atoms with E-state index in [0.717, 1.165) is 24.9 Å². The highest BCUT2D eigenvalue weighted by atomic mass is 35.5. The third-order valence-electron chi connectivity index (χ3n) is 6.37. The molecule has 5 atom stereocenters. The number of ether oxygens (including phenoxy) is 2. The third kappa shape index (κ3) is 5.32. The molecule has 2 fully saturated rings. The number of hydrogen-bond donors (Lipinski definition) is 4. The average Bonchev–Trinajstić information content (AvgIpc) is 3.54. The number of fused-ring (bicyclic) bond motifs is 1. The number of aliphatic hydroxyl groups excluding tert-OH is 2. The highest BCUT2D eigenvalue weighted by molar-refractivity contribution is 7.52. The highest BCUT2D eigenvalue weighted by Crippen LogP contribution is 2.42. The van der Waals surface area contributed by atoms with Crippen molar-refractivity contribution in [3.05, 3.63) is 41.8 Å². The zero-order valence-electron chi connectivity index (χ0n) is 19.5. The maximum absolute atomic E-state index is 11.7. The van der Waals surface area contributed by atoms with Crippen LogP contribution in [0.4, 0.5) is 5.82 Å². The Morgan fingerprint density at radius 3 is 2.61 bits per heavy atom. The second-order valence-corrected chi connectivity index (χ2v) is 11.3. The molecule has 13 heteroatoms. The molecule has 0 amide bonds. The predicted octanol–water partition coefficient (Wildman–Crippen LogP) is 3.33. The van der Waals surface area contributed by atoms with Gasteiger partial charge in [-0.3, -0.25) is 0 Å². The molecule has 0 spiro atoms. The molecule has 3 heterocycles. The van der Waals surface area contributed by atoms with Crippen molar-refractivity contribution in [3.8, 4) is 11.5 Å². The van der Waals surface area contributed by atoms with Gasteiger partial charge in [0, 0.05) is 18.9 Å². The van der Waals surface area contributed by atoms with Gasteiger partial charge in [0.2, 0.25) is 5.28 Å². The first-order valence-electron chi connectivity index (χ1n) is 11.7. The molecular weight excluding hydrogens is 511 g/mol.